The number of nitrogens with zero attached hydrogens (tertiary/aromatic N) is 1. The Labute approximate surface area is 129 Å². The van der Waals surface area contributed by atoms with Gasteiger partial charge in [-0.15, -0.1) is 0 Å². The predicted octanol–water partition coefficient (Wildman–Crippen LogP) is 3.45. The van der Waals surface area contributed by atoms with Crippen molar-refractivity contribution in [1.29, 1.82) is 0 Å². The molecule has 2 N–H and O–H groups in total. The molecule has 0 bridgehead atoms. The van der Waals surface area contributed by atoms with Gasteiger partial charge in [0.05, 0.1) is 6.61 Å². The van der Waals surface area contributed by atoms with E-state index in [1.54, 1.807) is 0 Å². The molecule has 1 saturated heterocycles. The maximum Gasteiger partial charge on any atom is 0.119 e. The van der Waals surface area contributed by atoms with Crippen molar-refractivity contribution in [2.24, 2.45) is 17.1 Å². The Kier molecular flexibility index (Phi) is 5.28. The van der Waals surface area contributed by atoms with Crippen LogP contribution in [-0.4, -0.2) is 31.1 Å². The summed E-state index contributed by atoms with van der Waals surface area (Å²) < 4.78 is 5.62. The largest absolute Gasteiger partial charge is 0.494 e. The number of likely N-dealkylation sites (tertiary alicyclic amines) is 1. The molecule has 21 heavy (non-hydrogen) atoms. The molecule has 2 atom stereocenters. The molecule has 0 aliphatic carbocycles. The van der Waals surface area contributed by atoms with Crippen LogP contribution in [-0.2, 0) is 0 Å². The van der Waals surface area contributed by atoms with E-state index < -0.39 is 0 Å². The Morgan fingerprint density at radius 2 is 2.14 bits per heavy atom. The molecule has 0 aromatic heterocycles. The Morgan fingerprint density at radius 1 is 1.38 bits per heavy atom. The first-order chi connectivity index (χ1) is 9.95. The second-order valence-corrected chi connectivity index (χ2v) is 7.10. The van der Waals surface area contributed by atoms with E-state index in [-0.39, 0.29) is 0 Å². The highest BCUT2D eigenvalue weighted by Crippen LogP contribution is 2.37. The van der Waals surface area contributed by atoms with Crippen molar-refractivity contribution < 1.29 is 4.74 Å². The highest BCUT2D eigenvalue weighted by Gasteiger charge is 2.34. The summed E-state index contributed by atoms with van der Waals surface area (Å²) in [4.78, 5) is 2.54. The lowest BCUT2D eigenvalue weighted by Gasteiger charge is -2.30. The lowest BCUT2D eigenvalue weighted by Crippen LogP contribution is -2.33. The molecule has 0 amide bonds. The van der Waals surface area contributed by atoms with E-state index in [2.05, 4.69) is 43.9 Å². The van der Waals surface area contributed by atoms with E-state index in [1.807, 2.05) is 13.0 Å². The van der Waals surface area contributed by atoms with Gasteiger partial charge in [0.1, 0.15) is 5.75 Å². The van der Waals surface area contributed by atoms with Crippen molar-refractivity contribution in [3.8, 4) is 5.75 Å². The number of benzene rings is 1. The normalized spacial score (nSPS) is 21.5. The zero-order chi connectivity index (χ0) is 15.5. The number of hydrogen-bond acceptors (Lipinski definition) is 3. The van der Waals surface area contributed by atoms with Crippen LogP contribution < -0.4 is 10.5 Å². The van der Waals surface area contributed by atoms with Crippen molar-refractivity contribution in [1.82, 2.24) is 4.90 Å². The topological polar surface area (TPSA) is 38.5 Å². The third-order valence-electron chi connectivity index (χ3n) is 4.66. The maximum absolute atomic E-state index is 6.08. The van der Waals surface area contributed by atoms with Gasteiger partial charge in [0.15, 0.2) is 0 Å². The zero-order valence-electron chi connectivity index (χ0n) is 13.9. The molecule has 0 spiro atoms. The second kappa shape index (κ2) is 6.80. The Hall–Kier alpha value is -1.06. The smallest absolute Gasteiger partial charge is 0.119 e. The molecule has 1 fully saturated rings. The van der Waals surface area contributed by atoms with Crippen LogP contribution in [0.25, 0.3) is 0 Å². The number of ether oxygens (including phenoxy) is 1. The molecule has 3 nitrogen and oxygen atoms in total. The zero-order valence-corrected chi connectivity index (χ0v) is 13.9. The van der Waals surface area contributed by atoms with Crippen LogP contribution in [0.1, 0.15) is 45.7 Å². The van der Waals surface area contributed by atoms with E-state index >= 15 is 0 Å². The average molecular weight is 290 g/mol. The Balaban J connectivity index is 2.12. The molecule has 1 aliphatic rings. The maximum atomic E-state index is 6.08. The van der Waals surface area contributed by atoms with Crippen molar-refractivity contribution >= 4 is 0 Å². The standard InChI is InChI=1S/C18H30N2O/c1-5-21-16-8-6-7-14(11-16)17(12-19)20-10-9-15(13-20)18(2,3)4/h6-8,11,15,17H,5,9-10,12-13,19H2,1-4H3. The lowest BCUT2D eigenvalue weighted by molar-refractivity contribution is 0.197. The molecule has 118 valence electrons. The molecule has 0 radical (unpaired) electrons. The van der Waals surface area contributed by atoms with E-state index in [0.29, 0.717) is 24.6 Å². The number of hydrogen-bond donors (Lipinski definition) is 1. The van der Waals surface area contributed by atoms with Crippen LogP contribution in [0.4, 0.5) is 0 Å². The Bertz CT molecular complexity index is 453. The molecule has 1 aromatic carbocycles. The second-order valence-electron chi connectivity index (χ2n) is 7.10. The van der Waals surface area contributed by atoms with E-state index in [9.17, 15) is 0 Å². The van der Waals surface area contributed by atoms with Gasteiger partial charge in [0, 0.05) is 19.1 Å². The molecule has 3 heteroatoms. The third kappa shape index (κ3) is 3.98. The summed E-state index contributed by atoms with van der Waals surface area (Å²) in [5.41, 5.74) is 7.73. The van der Waals surface area contributed by atoms with Gasteiger partial charge < -0.3 is 10.5 Å². The summed E-state index contributed by atoms with van der Waals surface area (Å²) in [5.74, 6) is 1.70. The minimum atomic E-state index is 0.303. The third-order valence-corrected chi connectivity index (χ3v) is 4.66. The SMILES string of the molecule is CCOc1cccc(C(CN)N2CCC(C(C)(C)C)C2)c1. The summed E-state index contributed by atoms with van der Waals surface area (Å²) in [6.07, 6.45) is 1.27. The van der Waals surface area contributed by atoms with Crippen molar-refractivity contribution in [3.63, 3.8) is 0 Å². The van der Waals surface area contributed by atoms with Crippen molar-refractivity contribution in [3.05, 3.63) is 29.8 Å². The van der Waals surface area contributed by atoms with Gasteiger partial charge in [-0.1, -0.05) is 32.9 Å². The first-order valence-electron chi connectivity index (χ1n) is 8.12. The van der Waals surface area contributed by atoms with Gasteiger partial charge in [-0.3, -0.25) is 4.90 Å². The van der Waals surface area contributed by atoms with Crippen LogP contribution in [0, 0.1) is 11.3 Å². The molecular formula is C18H30N2O. The first kappa shape index (κ1) is 16.3. The van der Waals surface area contributed by atoms with Gasteiger partial charge in [-0.2, -0.15) is 0 Å². The minimum Gasteiger partial charge on any atom is -0.494 e. The van der Waals surface area contributed by atoms with Gasteiger partial charge in [0.2, 0.25) is 0 Å². The lowest BCUT2D eigenvalue weighted by atomic mass is 9.80. The molecule has 1 aromatic rings. The molecule has 2 rings (SSSR count). The molecule has 0 saturated carbocycles. The highest BCUT2D eigenvalue weighted by molar-refractivity contribution is 5.31. The van der Waals surface area contributed by atoms with Crippen molar-refractivity contribution in [2.75, 3.05) is 26.2 Å². The Morgan fingerprint density at radius 3 is 2.71 bits per heavy atom. The first-order valence-corrected chi connectivity index (χ1v) is 8.12. The summed E-state index contributed by atoms with van der Waals surface area (Å²) in [7, 11) is 0. The fraction of sp³-hybridized carbons (Fsp3) is 0.667. The van der Waals surface area contributed by atoms with E-state index in [0.717, 1.165) is 24.8 Å². The highest BCUT2D eigenvalue weighted by atomic mass is 16.5. The summed E-state index contributed by atoms with van der Waals surface area (Å²) >= 11 is 0. The fourth-order valence-electron chi connectivity index (χ4n) is 3.25. The van der Waals surface area contributed by atoms with Crippen LogP contribution in [0.2, 0.25) is 0 Å². The number of nitrogens with two attached hydrogens (primary N) is 1. The van der Waals surface area contributed by atoms with Gasteiger partial charge >= 0.3 is 0 Å². The van der Waals surface area contributed by atoms with Crippen LogP contribution >= 0.6 is 0 Å². The quantitative estimate of drug-likeness (QED) is 0.902. The summed E-state index contributed by atoms with van der Waals surface area (Å²) in [6.45, 7) is 12.7. The summed E-state index contributed by atoms with van der Waals surface area (Å²) in [5, 5.41) is 0. The molecule has 1 aliphatic heterocycles. The van der Waals surface area contributed by atoms with Gasteiger partial charge in [0.25, 0.3) is 0 Å². The monoisotopic (exact) mass is 290 g/mol. The van der Waals surface area contributed by atoms with E-state index in [4.69, 9.17) is 10.5 Å². The van der Waals surface area contributed by atoms with Gasteiger partial charge in [-0.05, 0) is 48.9 Å². The van der Waals surface area contributed by atoms with E-state index in [1.165, 1.54) is 12.0 Å². The molecule has 1 heterocycles. The molecular weight excluding hydrogens is 260 g/mol. The molecule has 2 unspecified atom stereocenters. The fourth-order valence-corrected chi connectivity index (χ4v) is 3.25. The average Bonchev–Trinajstić information content (AvgIpc) is 2.90. The predicted molar refractivity (Wildman–Crippen MR) is 88.5 cm³/mol. The number of rotatable bonds is 5. The minimum absolute atomic E-state index is 0.303. The summed E-state index contributed by atoms with van der Waals surface area (Å²) in [6, 6.07) is 8.70. The van der Waals surface area contributed by atoms with Crippen molar-refractivity contribution in [2.45, 2.75) is 40.2 Å². The van der Waals surface area contributed by atoms with Crippen LogP contribution in [0.5, 0.6) is 5.75 Å². The van der Waals surface area contributed by atoms with Gasteiger partial charge in [-0.25, -0.2) is 0 Å². The van der Waals surface area contributed by atoms with Crippen LogP contribution in [0.3, 0.4) is 0 Å². The van der Waals surface area contributed by atoms with Crippen LogP contribution in [0.15, 0.2) is 24.3 Å².